The Hall–Kier alpha value is -0.160. The Morgan fingerprint density at radius 3 is 1.45 bits per heavy atom. The van der Waals surface area contributed by atoms with Crippen LogP contribution >= 0.6 is 0 Å². The first-order valence-corrected chi connectivity index (χ1v) is 3.78. The summed E-state index contributed by atoms with van der Waals surface area (Å²) in [5, 5.41) is 35.9. The topological polar surface area (TPSA) is 80.9 Å². The molecule has 1 saturated carbocycles. The lowest BCUT2D eigenvalue weighted by atomic mass is 10.1. The Morgan fingerprint density at radius 1 is 0.909 bits per heavy atom. The lowest BCUT2D eigenvalue weighted by molar-refractivity contribution is -0.0135. The van der Waals surface area contributed by atoms with Crippen molar-refractivity contribution in [2.45, 2.75) is 18.6 Å². The van der Waals surface area contributed by atoms with Crippen LogP contribution in [-0.2, 0) is 0 Å². The first-order valence-electron chi connectivity index (χ1n) is 3.78. The van der Waals surface area contributed by atoms with E-state index in [1.807, 2.05) is 0 Å². The quantitative estimate of drug-likeness (QED) is 0.391. The van der Waals surface area contributed by atoms with Crippen molar-refractivity contribution in [3.8, 4) is 0 Å². The van der Waals surface area contributed by atoms with E-state index in [9.17, 15) is 10.2 Å². The summed E-state index contributed by atoms with van der Waals surface area (Å²) in [5.41, 5.74) is 0. The predicted octanol–water partition coefficient (Wildman–Crippen LogP) is -1.67. The average molecular weight is 162 g/mol. The molecule has 0 spiro atoms. The van der Waals surface area contributed by atoms with Crippen LogP contribution in [0.4, 0.5) is 0 Å². The van der Waals surface area contributed by atoms with Crippen LogP contribution in [0.15, 0.2) is 0 Å². The number of hydrogen-bond acceptors (Lipinski definition) is 4. The Bertz CT molecular complexity index is 110. The van der Waals surface area contributed by atoms with Gasteiger partial charge in [-0.1, -0.05) is 0 Å². The zero-order chi connectivity index (χ0) is 8.43. The minimum atomic E-state index is -0.878. The normalized spacial score (nSPS) is 44.7. The molecule has 0 unspecified atom stereocenters. The second kappa shape index (κ2) is 3.49. The first kappa shape index (κ1) is 8.93. The maximum Gasteiger partial charge on any atom is 0.0852 e. The fourth-order valence-electron chi connectivity index (χ4n) is 1.59. The van der Waals surface area contributed by atoms with Gasteiger partial charge in [-0.2, -0.15) is 0 Å². The van der Waals surface area contributed by atoms with Crippen molar-refractivity contribution in [2.24, 2.45) is 11.8 Å². The van der Waals surface area contributed by atoms with E-state index in [2.05, 4.69) is 0 Å². The molecule has 4 heteroatoms. The summed E-state index contributed by atoms with van der Waals surface area (Å²) in [6.07, 6.45) is -1.26. The van der Waals surface area contributed by atoms with Gasteiger partial charge in [0.1, 0.15) is 0 Å². The standard InChI is InChI=1S/C7H14O4/c8-2-4-1-5(3-9)7(11)6(4)10/h4-11H,1-3H2/t4-,5-,6+,7+/m1/s1. The minimum absolute atomic E-state index is 0.130. The Kier molecular flexibility index (Phi) is 2.84. The van der Waals surface area contributed by atoms with E-state index in [4.69, 9.17) is 10.2 Å². The zero-order valence-corrected chi connectivity index (χ0v) is 6.22. The van der Waals surface area contributed by atoms with Gasteiger partial charge in [-0.05, 0) is 6.42 Å². The van der Waals surface area contributed by atoms with Crippen LogP contribution in [0.1, 0.15) is 6.42 Å². The van der Waals surface area contributed by atoms with Gasteiger partial charge in [0.05, 0.1) is 12.2 Å². The van der Waals surface area contributed by atoms with Crippen LogP contribution in [0.25, 0.3) is 0 Å². The average Bonchev–Trinajstić information content (AvgIpc) is 2.30. The van der Waals surface area contributed by atoms with E-state index in [1.165, 1.54) is 0 Å². The third-order valence-corrected chi connectivity index (χ3v) is 2.39. The van der Waals surface area contributed by atoms with Gasteiger partial charge in [-0.3, -0.25) is 0 Å². The molecule has 1 aliphatic carbocycles. The Balaban J connectivity index is 2.53. The molecule has 0 bridgehead atoms. The van der Waals surface area contributed by atoms with E-state index >= 15 is 0 Å². The van der Waals surface area contributed by atoms with Gasteiger partial charge in [-0.15, -0.1) is 0 Å². The predicted molar refractivity (Wildman–Crippen MR) is 37.8 cm³/mol. The molecule has 1 fully saturated rings. The maximum atomic E-state index is 9.24. The van der Waals surface area contributed by atoms with Crippen LogP contribution in [0.3, 0.4) is 0 Å². The highest BCUT2D eigenvalue weighted by Gasteiger charge is 2.40. The summed E-state index contributed by atoms with van der Waals surface area (Å²) >= 11 is 0. The summed E-state index contributed by atoms with van der Waals surface area (Å²) in [5.74, 6) is -0.552. The Morgan fingerprint density at radius 2 is 1.27 bits per heavy atom. The third-order valence-electron chi connectivity index (χ3n) is 2.39. The van der Waals surface area contributed by atoms with Gasteiger partial charge in [-0.25, -0.2) is 0 Å². The molecular formula is C7H14O4. The van der Waals surface area contributed by atoms with Gasteiger partial charge in [0.25, 0.3) is 0 Å². The van der Waals surface area contributed by atoms with Crippen molar-refractivity contribution >= 4 is 0 Å². The van der Waals surface area contributed by atoms with Crippen molar-refractivity contribution < 1.29 is 20.4 Å². The SMILES string of the molecule is OC[C@H]1C[C@H](CO)[C@H](O)[C@H]1O. The van der Waals surface area contributed by atoms with Gasteiger partial charge >= 0.3 is 0 Å². The molecule has 0 aromatic heterocycles. The molecule has 0 heterocycles. The highest BCUT2D eigenvalue weighted by molar-refractivity contribution is 4.90. The summed E-state index contributed by atoms with van der Waals surface area (Å²) in [6.45, 7) is -0.260. The summed E-state index contributed by atoms with van der Waals surface area (Å²) < 4.78 is 0. The lowest BCUT2D eigenvalue weighted by Crippen LogP contribution is -2.30. The summed E-state index contributed by atoms with van der Waals surface area (Å²) in [6, 6.07) is 0. The van der Waals surface area contributed by atoms with Crippen LogP contribution in [0.2, 0.25) is 0 Å². The molecule has 4 N–H and O–H groups in total. The van der Waals surface area contributed by atoms with E-state index < -0.39 is 12.2 Å². The monoisotopic (exact) mass is 162 g/mol. The molecule has 0 aromatic rings. The highest BCUT2D eigenvalue weighted by atomic mass is 16.3. The van der Waals surface area contributed by atoms with E-state index in [-0.39, 0.29) is 25.0 Å². The largest absolute Gasteiger partial charge is 0.396 e. The molecule has 0 aromatic carbocycles. The zero-order valence-electron chi connectivity index (χ0n) is 6.22. The molecule has 4 atom stereocenters. The van der Waals surface area contributed by atoms with E-state index in [1.54, 1.807) is 0 Å². The second-order valence-corrected chi connectivity index (χ2v) is 3.10. The number of rotatable bonds is 2. The maximum absolute atomic E-state index is 9.24. The van der Waals surface area contributed by atoms with Crippen LogP contribution in [0, 0.1) is 11.8 Å². The van der Waals surface area contributed by atoms with Crippen LogP contribution in [-0.4, -0.2) is 45.8 Å². The summed E-state index contributed by atoms with van der Waals surface area (Å²) in [4.78, 5) is 0. The van der Waals surface area contributed by atoms with Gasteiger partial charge in [0.15, 0.2) is 0 Å². The number of aliphatic hydroxyl groups is 4. The third kappa shape index (κ3) is 1.54. The Labute approximate surface area is 65.1 Å². The molecule has 4 nitrogen and oxygen atoms in total. The second-order valence-electron chi connectivity index (χ2n) is 3.10. The molecular weight excluding hydrogens is 148 g/mol. The van der Waals surface area contributed by atoms with Gasteiger partial charge < -0.3 is 20.4 Å². The van der Waals surface area contributed by atoms with Crippen molar-refractivity contribution in [3.63, 3.8) is 0 Å². The van der Waals surface area contributed by atoms with E-state index in [0.717, 1.165) is 0 Å². The van der Waals surface area contributed by atoms with Crippen molar-refractivity contribution in [1.82, 2.24) is 0 Å². The van der Waals surface area contributed by atoms with Crippen LogP contribution < -0.4 is 0 Å². The van der Waals surface area contributed by atoms with Gasteiger partial charge in [0.2, 0.25) is 0 Å². The van der Waals surface area contributed by atoms with Gasteiger partial charge in [0, 0.05) is 25.0 Å². The van der Waals surface area contributed by atoms with Crippen molar-refractivity contribution in [2.75, 3.05) is 13.2 Å². The van der Waals surface area contributed by atoms with Crippen LogP contribution in [0.5, 0.6) is 0 Å². The molecule has 11 heavy (non-hydrogen) atoms. The first-order chi connectivity index (χ1) is 5.20. The fourth-order valence-corrected chi connectivity index (χ4v) is 1.59. The molecule has 1 rings (SSSR count). The molecule has 0 saturated heterocycles. The molecule has 0 amide bonds. The van der Waals surface area contributed by atoms with Crippen molar-refractivity contribution in [1.29, 1.82) is 0 Å². The number of aliphatic hydroxyl groups excluding tert-OH is 4. The molecule has 1 aliphatic rings. The molecule has 0 aliphatic heterocycles. The van der Waals surface area contributed by atoms with Crippen molar-refractivity contribution in [3.05, 3.63) is 0 Å². The highest BCUT2D eigenvalue weighted by Crippen LogP contribution is 2.30. The fraction of sp³-hybridized carbons (Fsp3) is 1.00. The molecule has 0 radical (unpaired) electrons. The minimum Gasteiger partial charge on any atom is -0.396 e. The molecule has 66 valence electrons. The lowest BCUT2D eigenvalue weighted by Gasteiger charge is -2.14. The smallest absolute Gasteiger partial charge is 0.0852 e. The summed E-state index contributed by atoms with van der Waals surface area (Å²) in [7, 11) is 0. The number of hydrogen-bond donors (Lipinski definition) is 4. The van der Waals surface area contributed by atoms with E-state index in [0.29, 0.717) is 6.42 Å².